The van der Waals surface area contributed by atoms with Crippen molar-refractivity contribution < 1.29 is 0 Å². The molecule has 1 heterocycles. The average Bonchev–Trinajstić information content (AvgIpc) is 3.04. The number of nitrogens with one attached hydrogen (secondary N) is 1. The van der Waals surface area contributed by atoms with Crippen LogP contribution >= 0.6 is 15.9 Å². The van der Waals surface area contributed by atoms with Crippen molar-refractivity contribution in [1.82, 2.24) is 14.9 Å². The van der Waals surface area contributed by atoms with Gasteiger partial charge in [-0.1, -0.05) is 0 Å². The third kappa shape index (κ3) is 3.14. The van der Waals surface area contributed by atoms with E-state index in [0.29, 0.717) is 0 Å². The molecule has 0 radical (unpaired) electrons. The van der Waals surface area contributed by atoms with Crippen LogP contribution in [0.25, 0.3) is 0 Å². The fourth-order valence-electron chi connectivity index (χ4n) is 1.49. The molecular formula is C10H15BrN4. The van der Waals surface area contributed by atoms with Gasteiger partial charge in [0.15, 0.2) is 0 Å². The number of halogens is 1. The molecule has 0 spiro atoms. The average molecular weight is 271 g/mol. The Labute approximate surface area is 98.2 Å². The van der Waals surface area contributed by atoms with Crippen molar-refractivity contribution in [1.29, 1.82) is 0 Å². The van der Waals surface area contributed by atoms with Gasteiger partial charge in [-0.05, 0) is 35.8 Å². The Hall–Kier alpha value is -0.680. The van der Waals surface area contributed by atoms with Crippen LogP contribution in [0.4, 0.5) is 5.82 Å². The van der Waals surface area contributed by atoms with Crippen LogP contribution in [0.2, 0.25) is 0 Å². The molecule has 1 aliphatic rings. The highest BCUT2D eigenvalue weighted by Gasteiger charge is 2.25. The van der Waals surface area contributed by atoms with E-state index in [0.717, 1.165) is 29.4 Å². The summed E-state index contributed by atoms with van der Waals surface area (Å²) in [5, 5.41) is 3.29. The molecule has 0 aromatic carbocycles. The summed E-state index contributed by atoms with van der Waals surface area (Å²) >= 11 is 3.40. The Morgan fingerprint density at radius 3 is 3.07 bits per heavy atom. The van der Waals surface area contributed by atoms with E-state index >= 15 is 0 Å². The molecule has 0 atom stereocenters. The van der Waals surface area contributed by atoms with Gasteiger partial charge in [-0.15, -0.1) is 0 Å². The topological polar surface area (TPSA) is 41.0 Å². The molecule has 2 rings (SSSR count). The van der Waals surface area contributed by atoms with Crippen LogP contribution in [0.3, 0.4) is 0 Å². The predicted octanol–water partition coefficient (Wildman–Crippen LogP) is 1.75. The fraction of sp³-hybridized carbons (Fsp3) is 0.600. The Bertz CT molecular complexity index is 327. The number of hydrogen-bond donors (Lipinski definition) is 1. The molecule has 1 aromatic rings. The Morgan fingerprint density at radius 2 is 2.40 bits per heavy atom. The maximum Gasteiger partial charge on any atom is 0.143 e. The monoisotopic (exact) mass is 270 g/mol. The van der Waals surface area contributed by atoms with E-state index < -0.39 is 0 Å². The second kappa shape index (κ2) is 4.90. The summed E-state index contributed by atoms with van der Waals surface area (Å²) in [6, 6.07) is 0.820. The van der Waals surface area contributed by atoms with Gasteiger partial charge in [0.05, 0.1) is 4.47 Å². The quantitative estimate of drug-likeness (QED) is 0.885. The van der Waals surface area contributed by atoms with Crippen LogP contribution in [0, 0.1) is 0 Å². The maximum atomic E-state index is 4.15. The number of aromatic nitrogens is 2. The van der Waals surface area contributed by atoms with Gasteiger partial charge in [-0.2, -0.15) is 0 Å². The fourth-order valence-corrected chi connectivity index (χ4v) is 1.85. The first kappa shape index (κ1) is 10.8. The molecule has 1 aliphatic carbocycles. The lowest BCUT2D eigenvalue weighted by Crippen LogP contribution is -2.27. The molecule has 0 unspecified atom stereocenters. The molecule has 5 heteroatoms. The zero-order valence-corrected chi connectivity index (χ0v) is 10.4. The lowest BCUT2D eigenvalue weighted by atomic mass is 10.5. The molecule has 15 heavy (non-hydrogen) atoms. The standard InChI is InChI=1S/C10H15BrN4/c1-15(8-2-3-8)5-4-13-10-9(11)6-12-7-14-10/h6-8H,2-5H2,1H3,(H,12,13,14). The number of nitrogens with zero attached hydrogens (tertiary/aromatic N) is 3. The minimum absolute atomic E-state index is 0.820. The van der Waals surface area contributed by atoms with Crippen molar-refractivity contribution >= 4 is 21.7 Å². The van der Waals surface area contributed by atoms with Crippen molar-refractivity contribution in [2.75, 3.05) is 25.5 Å². The van der Waals surface area contributed by atoms with Crippen molar-refractivity contribution in [3.8, 4) is 0 Å². The van der Waals surface area contributed by atoms with E-state index in [2.05, 4.69) is 43.2 Å². The summed E-state index contributed by atoms with van der Waals surface area (Å²) in [5.74, 6) is 0.870. The number of hydrogen-bond acceptors (Lipinski definition) is 4. The van der Waals surface area contributed by atoms with Crippen LogP contribution in [-0.4, -0.2) is 41.0 Å². The van der Waals surface area contributed by atoms with Crippen LogP contribution in [-0.2, 0) is 0 Å². The zero-order chi connectivity index (χ0) is 10.7. The number of rotatable bonds is 5. The van der Waals surface area contributed by atoms with Crippen molar-refractivity contribution in [3.63, 3.8) is 0 Å². The molecule has 0 amide bonds. The molecule has 82 valence electrons. The SMILES string of the molecule is CN(CCNc1ncncc1Br)C1CC1. The van der Waals surface area contributed by atoms with E-state index in [1.165, 1.54) is 12.8 Å². The molecule has 1 saturated carbocycles. The first-order valence-corrected chi connectivity index (χ1v) is 5.96. The highest BCUT2D eigenvalue weighted by molar-refractivity contribution is 9.10. The van der Waals surface area contributed by atoms with Gasteiger partial charge < -0.3 is 10.2 Å². The third-order valence-electron chi connectivity index (χ3n) is 2.59. The summed E-state index contributed by atoms with van der Waals surface area (Å²) in [6.07, 6.45) is 6.01. The van der Waals surface area contributed by atoms with Crippen LogP contribution in [0.15, 0.2) is 17.0 Å². The second-order valence-corrected chi connectivity index (χ2v) is 4.71. The van der Waals surface area contributed by atoms with Gasteiger partial charge in [-0.25, -0.2) is 9.97 Å². The Kier molecular flexibility index (Phi) is 3.53. The van der Waals surface area contributed by atoms with Gasteiger partial charge in [0.2, 0.25) is 0 Å². The normalized spacial score (nSPS) is 15.7. The van der Waals surface area contributed by atoms with Gasteiger partial charge in [0, 0.05) is 25.3 Å². The molecule has 1 fully saturated rings. The molecule has 1 N–H and O–H groups in total. The molecule has 0 saturated heterocycles. The van der Waals surface area contributed by atoms with Crippen LogP contribution < -0.4 is 5.32 Å². The largest absolute Gasteiger partial charge is 0.368 e. The number of likely N-dealkylation sites (N-methyl/N-ethyl adjacent to an activating group) is 1. The van der Waals surface area contributed by atoms with E-state index in [9.17, 15) is 0 Å². The molecule has 0 bridgehead atoms. The van der Waals surface area contributed by atoms with Crippen molar-refractivity contribution in [2.45, 2.75) is 18.9 Å². The van der Waals surface area contributed by atoms with Crippen molar-refractivity contribution in [3.05, 3.63) is 17.0 Å². The lowest BCUT2D eigenvalue weighted by Gasteiger charge is -2.16. The van der Waals surface area contributed by atoms with Crippen LogP contribution in [0.1, 0.15) is 12.8 Å². The zero-order valence-electron chi connectivity index (χ0n) is 8.78. The van der Waals surface area contributed by atoms with E-state index in [1.807, 2.05) is 0 Å². The molecule has 0 aliphatic heterocycles. The molecular weight excluding hydrogens is 256 g/mol. The van der Waals surface area contributed by atoms with Crippen molar-refractivity contribution in [2.24, 2.45) is 0 Å². The summed E-state index contributed by atoms with van der Waals surface area (Å²) in [6.45, 7) is 1.98. The third-order valence-corrected chi connectivity index (χ3v) is 3.18. The van der Waals surface area contributed by atoms with Gasteiger partial charge in [0.25, 0.3) is 0 Å². The molecule has 1 aromatic heterocycles. The highest BCUT2D eigenvalue weighted by Crippen LogP contribution is 2.24. The van der Waals surface area contributed by atoms with Gasteiger partial charge in [0.1, 0.15) is 12.1 Å². The maximum absolute atomic E-state index is 4.15. The lowest BCUT2D eigenvalue weighted by molar-refractivity contribution is 0.337. The van der Waals surface area contributed by atoms with E-state index in [4.69, 9.17) is 0 Å². The van der Waals surface area contributed by atoms with E-state index in [1.54, 1.807) is 12.5 Å². The van der Waals surface area contributed by atoms with Gasteiger partial charge in [-0.3, -0.25) is 0 Å². The van der Waals surface area contributed by atoms with E-state index in [-0.39, 0.29) is 0 Å². The summed E-state index contributed by atoms with van der Waals surface area (Å²) in [7, 11) is 2.17. The summed E-state index contributed by atoms with van der Waals surface area (Å²) < 4.78 is 0.916. The summed E-state index contributed by atoms with van der Waals surface area (Å²) in [5.41, 5.74) is 0. The minimum Gasteiger partial charge on any atom is -0.368 e. The smallest absolute Gasteiger partial charge is 0.143 e. The second-order valence-electron chi connectivity index (χ2n) is 3.86. The first-order valence-electron chi connectivity index (χ1n) is 5.17. The Morgan fingerprint density at radius 1 is 1.60 bits per heavy atom. The molecule has 4 nitrogen and oxygen atoms in total. The predicted molar refractivity (Wildman–Crippen MR) is 63.9 cm³/mol. The van der Waals surface area contributed by atoms with Crippen LogP contribution in [0.5, 0.6) is 0 Å². The van der Waals surface area contributed by atoms with Gasteiger partial charge >= 0.3 is 0 Å². The summed E-state index contributed by atoms with van der Waals surface area (Å²) in [4.78, 5) is 10.5. The highest BCUT2D eigenvalue weighted by atomic mass is 79.9. The number of anilines is 1. The minimum atomic E-state index is 0.820. The first-order chi connectivity index (χ1) is 7.27. The Balaban J connectivity index is 1.75.